The maximum absolute atomic E-state index is 12.3. The fraction of sp³-hybridized carbons (Fsp3) is 0.200. The lowest BCUT2D eigenvalue weighted by atomic mass is 10.1. The number of carbonyl (C=O) groups is 1. The van der Waals surface area contributed by atoms with E-state index >= 15 is 0 Å². The number of carbonyl (C=O) groups excluding carboxylic acids is 1. The van der Waals surface area contributed by atoms with E-state index < -0.39 is 10.9 Å². The monoisotopic (exact) mass is 494 g/mol. The predicted molar refractivity (Wildman–Crippen MR) is 115 cm³/mol. The van der Waals surface area contributed by atoms with Crippen molar-refractivity contribution in [2.45, 2.75) is 13.3 Å². The van der Waals surface area contributed by atoms with Crippen LogP contribution in [0.5, 0.6) is 11.5 Å². The molecule has 2 aromatic carbocycles. The van der Waals surface area contributed by atoms with Gasteiger partial charge in [-0.2, -0.15) is 0 Å². The Labute approximate surface area is 185 Å². The van der Waals surface area contributed by atoms with Crippen LogP contribution in [0.1, 0.15) is 24.5 Å². The molecule has 0 N–H and O–H groups in total. The van der Waals surface area contributed by atoms with Gasteiger partial charge >= 0.3 is 5.97 Å². The molecular weight excluding hydrogens is 480 g/mol. The SMILES string of the molecule is CCCOc1c(Br)cc(C=C2N=C(c3cc([N+](=O)[O-])ccc3Cl)OC2=O)cc1OC. The fourth-order valence-corrected chi connectivity index (χ4v) is 3.41. The van der Waals surface area contributed by atoms with Crippen molar-refractivity contribution in [3.05, 3.63) is 66.8 Å². The summed E-state index contributed by atoms with van der Waals surface area (Å²) in [4.78, 5) is 26.9. The van der Waals surface area contributed by atoms with E-state index in [2.05, 4.69) is 20.9 Å². The van der Waals surface area contributed by atoms with Crippen LogP contribution in [0, 0.1) is 10.1 Å². The average Bonchev–Trinajstić information content (AvgIpc) is 3.07. The first-order valence-corrected chi connectivity index (χ1v) is 9.98. The van der Waals surface area contributed by atoms with Crippen LogP contribution in [-0.4, -0.2) is 30.5 Å². The second-order valence-electron chi connectivity index (χ2n) is 6.14. The van der Waals surface area contributed by atoms with Crippen LogP contribution in [0.3, 0.4) is 0 Å². The summed E-state index contributed by atoms with van der Waals surface area (Å²) in [5.74, 6) is 0.243. The molecule has 8 nitrogen and oxygen atoms in total. The highest BCUT2D eigenvalue weighted by molar-refractivity contribution is 9.10. The molecule has 0 amide bonds. The minimum Gasteiger partial charge on any atom is -0.493 e. The predicted octanol–water partition coefficient (Wildman–Crippen LogP) is 5.15. The first-order chi connectivity index (χ1) is 14.3. The number of rotatable bonds is 7. The van der Waals surface area contributed by atoms with Gasteiger partial charge in [-0.3, -0.25) is 10.1 Å². The molecule has 0 unspecified atom stereocenters. The number of nitro groups is 1. The summed E-state index contributed by atoms with van der Waals surface area (Å²) in [5.41, 5.74) is 0.597. The van der Waals surface area contributed by atoms with Gasteiger partial charge < -0.3 is 14.2 Å². The molecule has 156 valence electrons. The highest BCUT2D eigenvalue weighted by Gasteiger charge is 2.27. The third kappa shape index (κ3) is 4.63. The van der Waals surface area contributed by atoms with Crippen molar-refractivity contribution in [3.63, 3.8) is 0 Å². The maximum atomic E-state index is 12.3. The van der Waals surface area contributed by atoms with E-state index in [-0.39, 0.29) is 27.9 Å². The lowest BCUT2D eigenvalue weighted by molar-refractivity contribution is -0.384. The lowest BCUT2D eigenvalue weighted by Gasteiger charge is -2.13. The molecule has 30 heavy (non-hydrogen) atoms. The lowest BCUT2D eigenvalue weighted by Crippen LogP contribution is -2.06. The minimum atomic E-state index is -0.700. The van der Waals surface area contributed by atoms with Gasteiger partial charge in [0.05, 0.1) is 33.7 Å². The zero-order valence-corrected chi connectivity index (χ0v) is 18.3. The number of nitro benzene ring substituents is 1. The van der Waals surface area contributed by atoms with Crippen LogP contribution in [0.25, 0.3) is 6.08 Å². The highest BCUT2D eigenvalue weighted by Crippen LogP contribution is 2.37. The van der Waals surface area contributed by atoms with E-state index in [1.165, 1.54) is 31.4 Å². The third-order valence-electron chi connectivity index (χ3n) is 4.02. The van der Waals surface area contributed by atoms with Gasteiger partial charge in [-0.1, -0.05) is 18.5 Å². The zero-order chi connectivity index (χ0) is 21.8. The van der Waals surface area contributed by atoms with Crippen molar-refractivity contribution in [1.82, 2.24) is 0 Å². The Balaban J connectivity index is 1.98. The van der Waals surface area contributed by atoms with Gasteiger partial charge in [0.1, 0.15) is 0 Å². The summed E-state index contributed by atoms with van der Waals surface area (Å²) in [6.45, 7) is 2.52. The molecule has 1 heterocycles. The number of non-ortho nitro benzene ring substituents is 1. The number of ether oxygens (including phenoxy) is 3. The summed E-state index contributed by atoms with van der Waals surface area (Å²) in [6, 6.07) is 7.26. The van der Waals surface area contributed by atoms with Crippen molar-refractivity contribution in [2.24, 2.45) is 4.99 Å². The molecule has 2 aromatic rings. The Morgan fingerprint density at radius 1 is 1.33 bits per heavy atom. The summed E-state index contributed by atoms with van der Waals surface area (Å²) in [5, 5.41) is 11.2. The molecule has 1 aliphatic rings. The number of methoxy groups -OCH3 is 1. The summed E-state index contributed by atoms with van der Waals surface area (Å²) < 4.78 is 16.9. The molecule has 0 aromatic heterocycles. The topological polar surface area (TPSA) is 100 Å². The van der Waals surface area contributed by atoms with E-state index in [0.717, 1.165) is 6.42 Å². The number of cyclic esters (lactones) is 1. The molecule has 0 saturated heterocycles. The summed E-state index contributed by atoms with van der Waals surface area (Å²) in [6.07, 6.45) is 2.35. The Kier molecular flexibility index (Phi) is 6.73. The number of benzene rings is 2. The molecule has 0 saturated carbocycles. The molecule has 1 aliphatic heterocycles. The second-order valence-corrected chi connectivity index (χ2v) is 7.40. The minimum absolute atomic E-state index is 0.0174. The highest BCUT2D eigenvalue weighted by atomic mass is 79.9. The van der Waals surface area contributed by atoms with Crippen LogP contribution in [0.4, 0.5) is 5.69 Å². The van der Waals surface area contributed by atoms with E-state index in [1.807, 2.05) is 6.92 Å². The Morgan fingerprint density at radius 2 is 2.10 bits per heavy atom. The van der Waals surface area contributed by atoms with Gasteiger partial charge in [-0.05, 0) is 52.2 Å². The molecule has 0 fully saturated rings. The first kappa shape index (κ1) is 21.8. The van der Waals surface area contributed by atoms with Gasteiger partial charge in [-0.25, -0.2) is 9.79 Å². The number of esters is 1. The molecular formula is C20H16BrClN2O6. The molecule has 0 bridgehead atoms. The molecule has 3 rings (SSSR count). The van der Waals surface area contributed by atoms with Gasteiger partial charge in [-0.15, -0.1) is 0 Å². The molecule has 10 heteroatoms. The van der Waals surface area contributed by atoms with Crippen molar-refractivity contribution in [1.29, 1.82) is 0 Å². The van der Waals surface area contributed by atoms with Crippen LogP contribution < -0.4 is 9.47 Å². The van der Waals surface area contributed by atoms with E-state index in [0.29, 0.717) is 28.1 Å². The zero-order valence-electron chi connectivity index (χ0n) is 16.0. The number of aliphatic imine (C=N–C) groups is 1. The van der Waals surface area contributed by atoms with Crippen LogP contribution in [-0.2, 0) is 9.53 Å². The largest absolute Gasteiger partial charge is 0.493 e. The van der Waals surface area contributed by atoms with Crippen LogP contribution in [0.15, 0.2) is 45.5 Å². The van der Waals surface area contributed by atoms with Crippen LogP contribution in [0.2, 0.25) is 5.02 Å². The first-order valence-electron chi connectivity index (χ1n) is 8.81. The van der Waals surface area contributed by atoms with E-state index in [4.69, 9.17) is 25.8 Å². The molecule has 0 spiro atoms. The van der Waals surface area contributed by atoms with Gasteiger partial charge in [0.25, 0.3) is 5.69 Å². The van der Waals surface area contributed by atoms with Crippen molar-refractivity contribution in [3.8, 4) is 11.5 Å². The molecule has 0 atom stereocenters. The van der Waals surface area contributed by atoms with Gasteiger partial charge in [0, 0.05) is 12.1 Å². The van der Waals surface area contributed by atoms with E-state index in [9.17, 15) is 14.9 Å². The Hall–Kier alpha value is -2.91. The maximum Gasteiger partial charge on any atom is 0.363 e. The average molecular weight is 496 g/mol. The van der Waals surface area contributed by atoms with Crippen LogP contribution >= 0.6 is 27.5 Å². The standard InChI is InChI=1S/C20H16BrClN2O6/c1-3-6-29-18-14(21)7-11(9-17(18)28-2)8-16-20(25)30-19(23-16)13-10-12(24(26)27)4-5-15(13)22/h4-5,7-10H,3,6H2,1-2H3. The number of hydrogen-bond acceptors (Lipinski definition) is 7. The number of nitrogens with zero attached hydrogens (tertiary/aromatic N) is 2. The normalized spacial score (nSPS) is 14.5. The smallest absolute Gasteiger partial charge is 0.363 e. The van der Waals surface area contributed by atoms with E-state index in [1.54, 1.807) is 12.1 Å². The molecule has 0 aliphatic carbocycles. The van der Waals surface area contributed by atoms with Crippen molar-refractivity contribution >= 4 is 51.2 Å². The van der Waals surface area contributed by atoms with Gasteiger partial charge in [0.15, 0.2) is 17.2 Å². The Bertz CT molecular complexity index is 1080. The van der Waals surface area contributed by atoms with Crippen molar-refractivity contribution in [2.75, 3.05) is 13.7 Å². The summed E-state index contributed by atoms with van der Waals surface area (Å²) in [7, 11) is 1.52. The summed E-state index contributed by atoms with van der Waals surface area (Å²) >= 11 is 9.55. The Morgan fingerprint density at radius 3 is 2.77 bits per heavy atom. The second kappa shape index (κ2) is 9.27. The third-order valence-corrected chi connectivity index (χ3v) is 4.94. The molecule has 0 radical (unpaired) electrons. The quantitative estimate of drug-likeness (QED) is 0.228. The number of halogens is 2. The number of hydrogen-bond donors (Lipinski definition) is 0. The van der Waals surface area contributed by atoms with Gasteiger partial charge in [0.2, 0.25) is 5.90 Å². The fourth-order valence-electron chi connectivity index (χ4n) is 2.64. The van der Waals surface area contributed by atoms with Crippen molar-refractivity contribution < 1.29 is 23.9 Å².